The third-order valence-electron chi connectivity index (χ3n) is 2.97. The molecule has 22 heavy (non-hydrogen) atoms. The maximum absolute atomic E-state index is 11.9. The number of rotatable bonds is 6. The normalized spacial score (nSPS) is 10.1. The minimum absolute atomic E-state index is 0.191. The summed E-state index contributed by atoms with van der Waals surface area (Å²) in [5, 5.41) is 6.58. The molecule has 2 N–H and O–H groups in total. The summed E-state index contributed by atoms with van der Waals surface area (Å²) in [6.07, 6.45) is 2.46. The maximum atomic E-state index is 11.9. The minimum Gasteiger partial charge on any atom is -0.495 e. The van der Waals surface area contributed by atoms with E-state index in [9.17, 15) is 4.79 Å². The quantitative estimate of drug-likeness (QED) is 0.853. The van der Waals surface area contributed by atoms with Crippen molar-refractivity contribution in [1.29, 1.82) is 0 Å². The number of hydrogen-bond acceptors (Lipinski definition) is 4. The molecule has 0 bridgehead atoms. The summed E-state index contributed by atoms with van der Waals surface area (Å²) in [4.78, 5) is 16.0. The maximum Gasteiger partial charge on any atom is 0.269 e. The lowest BCUT2D eigenvalue weighted by Gasteiger charge is -2.12. The fourth-order valence-corrected chi connectivity index (χ4v) is 2.07. The van der Waals surface area contributed by atoms with Crippen molar-refractivity contribution in [1.82, 2.24) is 10.3 Å². The van der Waals surface area contributed by atoms with Crippen LogP contribution >= 0.6 is 11.6 Å². The Hall–Kier alpha value is -2.27. The third-order valence-corrected chi connectivity index (χ3v) is 3.20. The summed E-state index contributed by atoms with van der Waals surface area (Å²) in [7, 11) is 1.59. The van der Waals surface area contributed by atoms with Crippen LogP contribution in [-0.2, 0) is 0 Å². The van der Waals surface area contributed by atoms with Gasteiger partial charge in [-0.2, -0.15) is 0 Å². The van der Waals surface area contributed by atoms with Crippen LogP contribution in [-0.4, -0.2) is 24.5 Å². The topological polar surface area (TPSA) is 63.2 Å². The number of carbonyl (C=O) groups excluding carboxylic acids is 1. The molecule has 2 rings (SSSR count). The molecule has 2 aromatic rings. The Kier molecular flexibility index (Phi) is 5.61. The molecule has 0 saturated carbocycles. The van der Waals surface area contributed by atoms with Gasteiger partial charge in [0.05, 0.1) is 12.8 Å². The molecule has 1 aromatic carbocycles. The van der Waals surface area contributed by atoms with E-state index in [1.165, 1.54) is 0 Å². The summed E-state index contributed by atoms with van der Waals surface area (Å²) in [5.74, 6) is 0.474. The molecule has 0 radical (unpaired) electrons. The van der Waals surface area contributed by atoms with Crippen molar-refractivity contribution in [3.05, 3.63) is 47.2 Å². The number of amides is 1. The van der Waals surface area contributed by atoms with Gasteiger partial charge in [-0.3, -0.25) is 9.78 Å². The highest BCUT2D eigenvalue weighted by molar-refractivity contribution is 6.31. The van der Waals surface area contributed by atoms with Gasteiger partial charge in [0.2, 0.25) is 0 Å². The molecular weight excluding hydrogens is 302 g/mol. The van der Waals surface area contributed by atoms with Crippen LogP contribution in [0, 0.1) is 0 Å². The highest BCUT2D eigenvalue weighted by atomic mass is 35.5. The fraction of sp³-hybridized carbons (Fsp3) is 0.250. The van der Waals surface area contributed by atoms with Gasteiger partial charge < -0.3 is 15.4 Å². The number of methoxy groups -OCH3 is 1. The van der Waals surface area contributed by atoms with E-state index in [4.69, 9.17) is 16.3 Å². The zero-order valence-electron chi connectivity index (χ0n) is 12.5. The van der Waals surface area contributed by atoms with Crippen LogP contribution in [0.15, 0.2) is 36.5 Å². The van der Waals surface area contributed by atoms with Crippen molar-refractivity contribution in [2.24, 2.45) is 0 Å². The van der Waals surface area contributed by atoms with Crippen molar-refractivity contribution < 1.29 is 9.53 Å². The average Bonchev–Trinajstić information content (AvgIpc) is 2.53. The minimum atomic E-state index is -0.191. The Labute approximate surface area is 134 Å². The van der Waals surface area contributed by atoms with Gasteiger partial charge in [0, 0.05) is 23.5 Å². The Balaban J connectivity index is 2.20. The van der Waals surface area contributed by atoms with Crippen LogP contribution in [0.5, 0.6) is 5.75 Å². The first-order valence-electron chi connectivity index (χ1n) is 6.99. The van der Waals surface area contributed by atoms with Crippen molar-refractivity contribution in [3.8, 4) is 5.75 Å². The molecule has 0 atom stereocenters. The van der Waals surface area contributed by atoms with E-state index in [1.54, 1.807) is 43.6 Å². The van der Waals surface area contributed by atoms with Gasteiger partial charge in [-0.1, -0.05) is 18.5 Å². The predicted molar refractivity (Wildman–Crippen MR) is 88.1 cm³/mol. The zero-order chi connectivity index (χ0) is 15.9. The molecule has 1 amide bonds. The standard InChI is InChI=1S/C16H18ClN3O2/c1-3-7-19-16(21)14-10-12(6-8-18-14)20-13-9-11(17)4-5-15(13)22-2/h4-6,8-10H,3,7H2,1-2H3,(H,18,20)(H,19,21). The number of halogens is 1. The van der Waals surface area contributed by atoms with Crippen LogP contribution in [0.4, 0.5) is 11.4 Å². The zero-order valence-corrected chi connectivity index (χ0v) is 13.3. The first kappa shape index (κ1) is 16.1. The van der Waals surface area contributed by atoms with E-state index in [0.29, 0.717) is 23.0 Å². The summed E-state index contributed by atoms with van der Waals surface area (Å²) in [5.41, 5.74) is 1.82. The van der Waals surface area contributed by atoms with Gasteiger partial charge in [-0.25, -0.2) is 0 Å². The van der Waals surface area contributed by atoms with Gasteiger partial charge in [0.1, 0.15) is 11.4 Å². The van der Waals surface area contributed by atoms with Gasteiger partial charge in [-0.05, 0) is 36.8 Å². The highest BCUT2D eigenvalue weighted by Crippen LogP contribution is 2.30. The average molecular weight is 320 g/mol. The fourth-order valence-electron chi connectivity index (χ4n) is 1.89. The second kappa shape index (κ2) is 7.66. The van der Waals surface area contributed by atoms with E-state index < -0.39 is 0 Å². The number of carbonyl (C=O) groups is 1. The van der Waals surface area contributed by atoms with Crippen molar-refractivity contribution in [2.75, 3.05) is 19.0 Å². The molecule has 1 aromatic heterocycles. The molecule has 0 aliphatic rings. The first-order valence-corrected chi connectivity index (χ1v) is 7.36. The lowest BCUT2D eigenvalue weighted by Crippen LogP contribution is -2.24. The third kappa shape index (κ3) is 4.11. The van der Waals surface area contributed by atoms with Crippen LogP contribution in [0.2, 0.25) is 5.02 Å². The lowest BCUT2D eigenvalue weighted by atomic mass is 10.2. The van der Waals surface area contributed by atoms with Crippen LogP contribution in [0.25, 0.3) is 0 Å². The van der Waals surface area contributed by atoms with E-state index in [1.807, 2.05) is 6.92 Å². The summed E-state index contributed by atoms with van der Waals surface area (Å²) >= 11 is 6.01. The van der Waals surface area contributed by atoms with Crippen molar-refractivity contribution in [2.45, 2.75) is 13.3 Å². The van der Waals surface area contributed by atoms with Gasteiger partial charge in [0.25, 0.3) is 5.91 Å². The van der Waals surface area contributed by atoms with E-state index >= 15 is 0 Å². The molecule has 0 aliphatic carbocycles. The predicted octanol–water partition coefficient (Wildman–Crippen LogP) is 3.63. The second-order valence-corrected chi connectivity index (χ2v) is 5.09. The van der Waals surface area contributed by atoms with Crippen molar-refractivity contribution in [3.63, 3.8) is 0 Å². The Morgan fingerprint density at radius 3 is 2.86 bits per heavy atom. The number of ether oxygens (including phenoxy) is 1. The molecule has 1 heterocycles. The van der Waals surface area contributed by atoms with Crippen LogP contribution in [0.3, 0.4) is 0 Å². The molecule has 116 valence electrons. The van der Waals surface area contributed by atoms with Gasteiger partial charge >= 0.3 is 0 Å². The number of nitrogens with one attached hydrogen (secondary N) is 2. The lowest BCUT2D eigenvalue weighted by molar-refractivity contribution is 0.0949. The number of nitrogens with zero attached hydrogens (tertiary/aromatic N) is 1. The highest BCUT2D eigenvalue weighted by Gasteiger charge is 2.09. The summed E-state index contributed by atoms with van der Waals surface area (Å²) in [6.45, 7) is 2.62. The number of hydrogen-bond donors (Lipinski definition) is 2. The number of aromatic nitrogens is 1. The van der Waals surface area contributed by atoms with Crippen LogP contribution in [0.1, 0.15) is 23.8 Å². The molecule has 0 saturated heterocycles. The molecule has 0 spiro atoms. The summed E-state index contributed by atoms with van der Waals surface area (Å²) in [6, 6.07) is 8.75. The molecule has 0 fully saturated rings. The monoisotopic (exact) mass is 319 g/mol. The van der Waals surface area contributed by atoms with Gasteiger partial charge in [-0.15, -0.1) is 0 Å². The van der Waals surface area contributed by atoms with E-state index in [2.05, 4.69) is 15.6 Å². The Morgan fingerprint density at radius 1 is 1.32 bits per heavy atom. The largest absolute Gasteiger partial charge is 0.495 e. The number of pyridine rings is 1. The number of benzene rings is 1. The van der Waals surface area contributed by atoms with Crippen LogP contribution < -0.4 is 15.4 Å². The first-order chi connectivity index (χ1) is 10.6. The summed E-state index contributed by atoms with van der Waals surface area (Å²) < 4.78 is 5.29. The van der Waals surface area contributed by atoms with Gasteiger partial charge in [0.15, 0.2) is 0 Å². The van der Waals surface area contributed by atoms with Crippen molar-refractivity contribution >= 4 is 28.9 Å². The van der Waals surface area contributed by atoms with E-state index in [0.717, 1.165) is 17.8 Å². The SMILES string of the molecule is CCCNC(=O)c1cc(Nc2cc(Cl)ccc2OC)ccn1. The van der Waals surface area contributed by atoms with E-state index in [-0.39, 0.29) is 5.91 Å². The Morgan fingerprint density at radius 2 is 2.14 bits per heavy atom. The second-order valence-electron chi connectivity index (χ2n) is 4.66. The number of anilines is 2. The Bertz CT molecular complexity index is 662. The molecule has 5 nitrogen and oxygen atoms in total. The molecule has 6 heteroatoms. The smallest absolute Gasteiger partial charge is 0.269 e. The molecule has 0 aliphatic heterocycles. The molecule has 0 unspecified atom stereocenters. The molecular formula is C16H18ClN3O2.